The van der Waals surface area contributed by atoms with Gasteiger partial charge >= 0.3 is 0 Å². The molecular weight excluding hydrogens is 293 g/mol. The molecule has 0 spiro atoms. The van der Waals surface area contributed by atoms with Gasteiger partial charge in [-0.05, 0) is 41.8 Å². The second-order valence-electron chi connectivity index (χ2n) is 5.44. The van der Waals surface area contributed by atoms with E-state index in [1.54, 1.807) is 19.2 Å². The largest absolute Gasteiger partial charge is 0.375 e. The summed E-state index contributed by atoms with van der Waals surface area (Å²) in [6, 6.07) is 13.8. The number of ether oxygens (including phenoxy) is 1. The van der Waals surface area contributed by atoms with Crippen LogP contribution in [0.1, 0.15) is 40.9 Å². The molecule has 3 nitrogen and oxygen atoms in total. The number of nitrogens with one attached hydrogen (secondary N) is 1. The molecule has 1 amide bonds. The van der Waals surface area contributed by atoms with Crippen molar-refractivity contribution in [1.29, 1.82) is 0 Å². The van der Waals surface area contributed by atoms with Crippen molar-refractivity contribution in [3.05, 3.63) is 71.0 Å². The molecule has 0 aliphatic rings. The summed E-state index contributed by atoms with van der Waals surface area (Å²) in [5.41, 5.74) is 2.53. The van der Waals surface area contributed by atoms with Gasteiger partial charge in [0.05, 0.1) is 6.10 Å². The number of rotatable bonds is 7. The van der Waals surface area contributed by atoms with Crippen molar-refractivity contribution in [2.45, 2.75) is 25.9 Å². The zero-order valence-electron chi connectivity index (χ0n) is 13.5. The van der Waals surface area contributed by atoms with Gasteiger partial charge in [-0.15, -0.1) is 0 Å². The van der Waals surface area contributed by atoms with Crippen LogP contribution in [0.4, 0.5) is 4.39 Å². The highest BCUT2D eigenvalue weighted by atomic mass is 19.1. The third kappa shape index (κ3) is 4.89. The molecule has 1 unspecified atom stereocenters. The lowest BCUT2D eigenvalue weighted by atomic mass is 10.1. The standard InChI is InChI=1S/C19H22FNO2/c1-3-5-14-8-10-15(11-9-14)19(22)21-13-18(23-2)16-6-4-7-17(20)12-16/h4,6-12,18H,3,5,13H2,1-2H3,(H,21,22). The number of halogens is 1. The van der Waals surface area contributed by atoms with Crippen LogP contribution >= 0.6 is 0 Å². The summed E-state index contributed by atoms with van der Waals surface area (Å²) in [5, 5.41) is 2.83. The zero-order valence-corrected chi connectivity index (χ0v) is 13.5. The van der Waals surface area contributed by atoms with E-state index in [9.17, 15) is 9.18 Å². The number of methoxy groups -OCH3 is 1. The fraction of sp³-hybridized carbons (Fsp3) is 0.316. The van der Waals surface area contributed by atoms with E-state index >= 15 is 0 Å². The molecule has 0 radical (unpaired) electrons. The molecular formula is C19H22FNO2. The number of hydrogen-bond donors (Lipinski definition) is 1. The highest BCUT2D eigenvalue weighted by Gasteiger charge is 2.13. The molecule has 0 saturated heterocycles. The summed E-state index contributed by atoms with van der Waals surface area (Å²) in [5.74, 6) is -0.478. The fourth-order valence-electron chi connectivity index (χ4n) is 2.44. The van der Waals surface area contributed by atoms with Crippen molar-refractivity contribution >= 4 is 5.91 Å². The molecule has 0 heterocycles. The van der Waals surface area contributed by atoms with Crippen molar-refractivity contribution in [1.82, 2.24) is 5.32 Å². The minimum atomic E-state index is -0.381. The smallest absolute Gasteiger partial charge is 0.251 e. The molecule has 2 aromatic carbocycles. The minimum Gasteiger partial charge on any atom is -0.375 e. The molecule has 2 rings (SSSR count). The average molecular weight is 315 g/mol. The van der Waals surface area contributed by atoms with Crippen LogP contribution in [0, 0.1) is 5.82 Å². The van der Waals surface area contributed by atoms with Gasteiger partial charge in [0.1, 0.15) is 5.82 Å². The lowest BCUT2D eigenvalue weighted by molar-refractivity contribution is 0.0827. The Labute approximate surface area is 136 Å². The normalized spacial score (nSPS) is 12.0. The first-order valence-electron chi connectivity index (χ1n) is 7.79. The Hall–Kier alpha value is -2.20. The van der Waals surface area contributed by atoms with Gasteiger partial charge in [-0.25, -0.2) is 4.39 Å². The fourth-order valence-corrected chi connectivity index (χ4v) is 2.44. The molecule has 4 heteroatoms. The predicted octanol–water partition coefficient (Wildman–Crippen LogP) is 3.90. The third-order valence-electron chi connectivity index (χ3n) is 3.71. The van der Waals surface area contributed by atoms with E-state index in [2.05, 4.69) is 12.2 Å². The number of amides is 1. The number of carbonyl (C=O) groups excluding carboxylic acids is 1. The SMILES string of the molecule is CCCc1ccc(C(=O)NCC(OC)c2cccc(F)c2)cc1. The second-order valence-corrected chi connectivity index (χ2v) is 5.44. The molecule has 2 aromatic rings. The van der Waals surface area contributed by atoms with Gasteiger partial charge in [0.25, 0.3) is 5.91 Å². The molecule has 0 fully saturated rings. The first-order chi connectivity index (χ1) is 11.1. The lowest BCUT2D eigenvalue weighted by Crippen LogP contribution is -2.29. The topological polar surface area (TPSA) is 38.3 Å². The highest BCUT2D eigenvalue weighted by Crippen LogP contribution is 2.17. The van der Waals surface area contributed by atoms with Crippen LogP contribution in [0.2, 0.25) is 0 Å². The maximum Gasteiger partial charge on any atom is 0.251 e. The molecule has 122 valence electrons. The molecule has 0 aromatic heterocycles. The lowest BCUT2D eigenvalue weighted by Gasteiger charge is -2.16. The Bertz CT molecular complexity index is 640. The van der Waals surface area contributed by atoms with Gasteiger partial charge in [-0.1, -0.05) is 37.6 Å². The minimum absolute atomic E-state index is 0.161. The average Bonchev–Trinajstić information content (AvgIpc) is 2.56. The van der Waals surface area contributed by atoms with Crippen LogP contribution in [0.3, 0.4) is 0 Å². The molecule has 0 aliphatic heterocycles. The maximum absolute atomic E-state index is 13.3. The monoisotopic (exact) mass is 315 g/mol. The summed E-state index contributed by atoms with van der Waals surface area (Å²) >= 11 is 0. The molecule has 0 bridgehead atoms. The zero-order chi connectivity index (χ0) is 16.7. The Balaban J connectivity index is 1.96. The molecule has 0 aliphatic carbocycles. The van der Waals surface area contributed by atoms with Crippen LogP contribution in [0.15, 0.2) is 48.5 Å². The van der Waals surface area contributed by atoms with E-state index in [4.69, 9.17) is 4.74 Å². The van der Waals surface area contributed by atoms with Crippen molar-refractivity contribution in [2.75, 3.05) is 13.7 Å². The summed E-state index contributed by atoms with van der Waals surface area (Å²) in [6.45, 7) is 2.41. The molecule has 1 N–H and O–H groups in total. The number of hydrogen-bond acceptors (Lipinski definition) is 2. The van der Waals surface area contributed by atoms with Gasteiger partial charge in [-0.2, -0.15) is 0 Å². The van der Waals surface area contributed by atoms with Crippen LogP contribution < -0.4 is 5.32 Å². The van der Waals surface area contributed by atoms with Gasteiger partial charge in [0.15, 0.2) is 0 Å². The molecule has 0 saturated carbocycles. The highest BCUT2D eigenvalue weighted by molar-refractivity contribution is 5.94. The van der Waals surface area contributed by atoms with Gasteiger partial charge < -0.3 is 10.1 Å². The van der Waals surface area contributed by atoms with Crippen LogP contribution in [0.5, 0.6) is 0 Å². The number of aryl methyl sites for hydroxylation is 1. The Kier molecular flexibility index (Phi) is 6.29. The van der Waals surface area contributed by atoms with E-state index in [1.807, 2.05) is 24.3 Å². The van der Waals surface area contributed by atoms with Gasteiger partial charge in [0.2, 0.25) is 0 Å². The quantitative estimate of drug-likeness (QED) is 0.841. The van der Waals surface area contributed by atoms with E-state index in [1.165, 1.54) is 17.7 Å². The summed E-state index contributed by atoms with van der Waals surface area (Å²) in [6.07, 6.45) is 1.70. The number of benzene rings is 2. The van der Waals surface area contributed by atoms with Gasteiger partial charge in [0, 0.05) is 19.2 Å². The van der Waals surface area contributed by atoms with Crippen molar-refractivity contribution in [2.24, 2.45) is 0 Å². The van der Waals surface area contributed by atoms with Crippen molar-refractivity contribution in [3.63, 3.8) is 0 Å². The summed E-state index contributed by atoms with van der Waals surface area (Å²) < 4.78 is 18.6. The van der Waals surface area contributed by atoms with Gasteiger partial charge in [-0.3, -0.25) is 4.79 Å². The van der Waals surface area contributed by atoms with Crippen LogP contribution in [0.25, 0.3) is 0 Å². The Morgan fingerprint density at radius 1 is 1.22 bits per heavy atom. The van der Waals surface area contributed by atoms with Crippen molar-refractivity contribution in [3.8, 4) is 0 Å². The Morgan fingerprint density at radius 3 is 2.57 bits per heavy atom. The van der Waals surface area contributed by atoms with E-state index in [-0.39, 0.29) is 24.4 Å². The van der Waals surface area contributed by atoms with E-state index in [0.717, 1.165) is 12.8 Å². The second kappa shape index (κ2) is 8.44. The van der Waals surface area contributed by atoms with E-state index < -0.39 is 0 Å². The summed E-state index contributed by atoms with van der Waals surface area (Å²) in [7, 11) is 1.54. The van der Waals surface area contributed by atoms with Crippen LogP contribution in [-0.2, 0) is 11.2 Å². The van der Waals surface area contributed by atoms with Crippen molar-refractivity contribution < 1.29 is 13.9 Å². The molecule has 1 atom stereocenters. The van der Waals surface area contributed by atoms with E-state index in [0.29, 0.717) is 11.1 Å². The predicted molar refractivity (Wildman–Crippen MR) is 88.9 cm³/mol. The third-order valence-corrected chi connectivity index (χ3v) is 3.71. The number of carbonyl (C=O) groups is 1. The first kappa shape index (κ1) is 17.2. The Morgan fingerprint density at radius 2 is 1.96 bits per heavy atom. The molecule has 23 heavy (non-hydrogen) atoms. The van der Waals surface area contributed by atoms with Crippen LogP contribution in [-0.4, -0.2) is 19.6 Å². The maximum atomic E-state index is 13.3. The summed E-state index contributed by atoms with van der Waals surface area (Å²) in [4.78, 5) is 12.2. The first-order valence-corrected chi connectivity index (χ1v) is 7.79.